The maximum atomic E-state index is 13.9. The highest BCUT2D eigenvalue weighted by Gasteiger charge is 2.34. The first-order valence-electron chi connectivity index (χ1n) is 10.2. The van der Waals surface area contributed by atoms with Gasteiger partial charge >= 0.3 is 0 Å². The van der Waals surface area contributed by atoms with Crippen LogP contribution >= 0.6 is 11.6 Å². The molecule has 0 aliphatic carbocycles. The number of carbonyl (C=O) groups is 2. The Labute approximate surface area is 196 Å². The van der Waals surface area contributed by atoms with Gasteiger partial charge in [-0.1, -0.05) is 41.9 Å². The lowest BCUT2D eigenvalue weighted by molar-refractivity contribution is -0.117. The van der Waals surface area contributed by atoms with Gasteiger partial charge in [0.25, 0.3) is 5.91 Å². The number of methoxy groups -OCH3 is 3. The first-order valence-corrected chi connectivity index (χ1v) is 10.6. The predicted octanol–water partition coefficient (Wildman–Crippen LogP) is 4.55. The summed E-state index contributed by atoms with van der Waals surface area (Å²) < 4.78 is 16.2. The van der Waals surface area contributed by atoms with Crippen molar-refractivity contribution in [1.82, 2.24) is 4.90 Å². The smallest absolute Gasteiger partial charge is 0.255 e. The molecular formula is C25H23ClN2O5. The molecule has 1 unspecified atom stereocenters. The summed E-state index contributed by atoms with van der Waals surface area (Å²) >= 11 is 6.31. The first-order chi connectivity index (χ1) is 16.0. The standard InChI is InChI=1S/C25H23ClN2O5/c1-31-20-11-16(12-21(32-2)24(20)33-3)25(30)28-14-22(29)27-19-10-9-17(26)13-18(19)23(28)15-7-5-4-6-8-15/h4-13,23H,14H2,1-3H3,(H,27,29). The molecule has 0 aromatic heterocycles. The number of nitrogens with one attached hydrogen (secondary N) is 1. The SMILES string of the molecule is COc1cc(C(=O)N2CC(=O)Nc3ccc(Cl)cc3C2c2ccccc2)cc(OC)c1OC. The lowest BCUT2D eigenvalue weighted by Crippen LogP contribution is -2.39. The number of amides is 2. The second-order valence-electron chi connectivity index (χ2n) is 7.44. The van der Waals surface area contributed by atoms with Crippen LogP contribution in [0.2, 0.25) is 5.02 Å². The third-order valence-corrected chi connectivity index (χ3v) is 5.73. The van der Waals surface area contributed by atoms with Gasteiger partial charge in [-0.05, 0) is 35.9 Å². The summed E-state index contributed by atoms with van der Waals surface area (Å²) in [6.45, 7) is -0.151. The zero-order chi connectivity index (χ0) is 23.5. The quantitative estimate of drug-likeness (QED) is 0.597. The molecule has 2 amide bonds. The Balaban J connectivity index is 1.89. The van der Waals surface area contributed by atoms with Crippen LogP contribution in [-0.2, 0) is 4.79 Å². The fourth-order valence-corrected chi connectivity index (χ4v) is 4.21. The number of fused-ring (bicyclic) bond motifs is 1. The molecule has 3 aromatic carbocycles. The van der Waals surface area contributed by atoms with Gasteiger partial charge in [-0.2, -0.15) is 0 Å². The maximum Gasteiger partial charge on any atom is 0.255 e. The van der Waals surface area contributed by atoms with E-state index in [1.807, 2.05) is 30.3 Å². The molecule has 8 heteroatoms. The lowest BCUT2D eigenvalue weighted by Gasteiger charge is -2.31. The number of nitrogens with zero attached hydrogens (tertiary/aromatic N) is 1. The van der Waals surface area contributed by atoms with Gasteiger partial charge in [0.05, 0.1) is 27.4 Å². The normalized spacial score (nSPS) is 15.2. The van der Waals surface area contributed by atoms with Crippen LogP contribution in [0.4, 0.5) is 5.69 Å². The zero-order valence-electron chi connectivity index (χ0n) is 18.4. The third-order valence-electron chi connectivity index (χ3n) is 5.50. The van der Waals surface area contributed by atoms with Gasteiger partial charge in [-0.3, -0.25) is 9.59 Å². The van der Waals surface area contributed by atoms with Gasteiger partial charge in [0.1, 0.15) is 6.54 Å². The molecule has 1 atom stereocenters. The van der Waals surface area contributed by atoms with Crippen molar-refractivity contribution in [2.45, 2.75) is 6.04 Å². The highest BCUT2D eigenvalue weighted by atomic mass is 35.5. The van der Waals surface area contributed by atoms with Crippen LogP contribution < -0.4 is 19.5 Å². The molecule has 0 radical (unpaired) electrons. The van der Waals surface area contributed by atoms with Crippen molar-refractivity contribution in [3.05, 3.63) is 82.4 Å². The van der Waals surface area contributed by atoms with E-state index >= 15 is 0 Å². The minimum atomic E-state index is -0.551. The summed E-state index contributed by atoms with van der Waals surface area (Å²) in [4.78, 5) is 28.2. The Bertz CT molecular complexity index is 1170. The van der Waals surface area contributed by atoms with Crippen molar-refractivity contribution >= 4 is 29.1 Å². The van der Waals surface area contributed by atoms with Crippen molar-refractivity contribution in [2.75, 3.05) is 33.2 Å². The van der Waals surface area contributed by atoms with E-state index in [9.17, 15) is 9.59 Å². The third kappa shape index (κ3) is 4.32. The highest BCUT2D eigenvalue weighted by Crippen LogP contribution is 2.41. The Kier molecular flexibility index (Phi) is 6.42. The van der Waals surface area contributed by atoms with E-state index in [0.717, 1.165) is 11.1 Å². The number of halogens is 1. The number of rotatable bonds is 5. The van der Waals surface area contributed by atoms with Crippen LogP contribution in [0.25, 0.3) is 0 Å². The van der Waals surface area contributed by atoms with Crippen LogP contribution in [-0.4, -0.2) is 44.6 Å². The molecule has 1 aliphatic heterocycles. The average Bonchev–Trinajstić information content (AvgIpc) is 2.98. The van der Waals surface area contributed by atoms with Crippen LogP contribution in [0.5, 0.6) is 17.2 Å². The van der Waals surface area contributed by atoms with Crippen molar-refractivity contribution in [1.29, 1.82) is 0 Å². The number of anilines is 1. The summed E-state index contributed by atoms with van der Waals surface area (Å²) in [7, 11) is 4.46. The van der Waals surface area contributed by atoms with E-state index in [1.165, 1.54) is 26.2 Å². The summed E-state index contributed by atoms with van der Waals surface area (Å²) in [5, 5.41) is 3.39. The molecule has 0 saturated heterocycles. The lowest BCUT2D eigenvalue weighted by atomic mass is 9.95. The highest BCUT2D eigenvalue weighted by molar-refractivity contribution is 6.30. The topological polar surface area (TPSA) is 77.1 Å². The van der Waals surface area contributed by atoms with Gasteiger partial charge in [0.15, 0.2) is 11.5 Å². The Hall–Kier alpha value is -3.71. The van der Waals surface area contributed by atoms with Gasteiger partial charge in [0, 0.05) is 21.8 Å². The second-order valence-corrected chi connectivity index (χ2v) is 7.88. The molecule has 7 nitrogen and oxygen atoms in total. The Morgan fingerprint density at radius 2 is 1.64 bits per heavy atom. The fourth-order valence-electron chi connectivity index (χ4n) is 4.03. The van der Waals surface area contributed by atoms with Crippen molar-refractivity contribution in [2.24, 2.45) is 0 Å². The minimum Gasteiger partial charge on any atom is -0.493 e. The first kappa shape index (κ1) is 22.5. The van der Waals surface area contributed by atoms with E-state index < -0.39 is 6.04 Å². The molecule has 1 heterocycles. The van der Waals surface area contributed by atoms with E-state index in [4.69, 9.17) is 25.8 Å². The molecule has 33 heavy (non-hydrogen) atoms. The predicted molar refractivity (Wildman–Crippen MR) is 126 cm³/mol. The van der Waals surface area contributed by atoms with Crippen molar-refractivity contribution in [3.8, 4) is 17.2 Å². The molecule has 4 rings (SSSR count). The summed E-state index contributed by atoms with van der Waals surface area (Å²) in [6.07, 6.45) is 0. The minimum absolute atomic E-state index is 0.151. The second kappa shape index (κ2) is 9.42. The van der Waals surface area contributed by atoms with Gasteiger partial charge < -0.3 is 24.4 Å². The van der Waals surface area contributed by atoms with Gasteiger partial charge in [-0.25, -0.2) is 0 Å². The molecule has 0 spiro atoms. The number of ether oxygens (including phenoxy) is 3. The molecular weight excluding hydrogens is 444 g/mol. The maximum absolute atomic E-state index is 13.9. The van der Waals surface area contributed by atoms with E-state index in [1.54, 1.807) is 30.3 Å². The van der Waals surface area contributed by atoms with Crippen LogP contribution in [0, 0.1) is 0 Å². The molecule has 0 fully saturated rings. The van der Waals surface area contributed by atoms with Crippen LogP contribution in [0.15, 0.2) is 60.7 Å². The number of benzene rings is 3. The fraction of sp³-hybridized carbons (Fsp3) is 0.200. The summed E-state index contributed by atoms with van der Waals surface area (Å²) in [6, 6.07) is 17.3. The van der Waals surface area contributed by atoms with Crippen LogP contribution in [0.1, 0.15) is 27.5 Å². The molecule has 1 aliphatic rings. The average molecular weight is 467 g/mol. The summed E-state index contributed by atoms with van der Waals surface area (Å²) in [5.74, 6) is 0.393. The largest absolute Gasteiger partial charge is 0.493 e. The molecule has 170 valence electrons. The summed E-state index contributed by atoms with van der Waals surface area (Å²) in [5.41, 5.74) is 2.47. The Morgan fingerprint density at radius 1 is 0.970 bits per heavy atom. The molecule has 0 bridgehead atoms. The monoisotopic (exact) mass is 466 g/mol. The molecule has 0 saturated carbocycles. The van der Waals surface area contributed by atoms with Crippen LogP contribution in [0.3, 0.4) is 0 Å². The Morgan fingerprint density at radius 3 is 2.24 bits per heavy atom. The van der Waals surface area contributed by atoms with Crippen molar-refractivity contribution in [3.63, 3.8) is 0 Å². The number of carbonyl (C=O) groups excluding carboxylic acids is 2. The molecule has 1 N–H and O–H groups in total. The van der Waals surface area contributed by atoms with Crippen molar-refractivity contribution < 1.29 is 23.8 Å². The van der Waals surface area contributed by atoms with E-state index in [0.29, 0.717) is 33.5 Å². The van der Waals surface area contributed by atoms with Gasteiger partial charge in [0.2, 0.25) is 11.7 Å². The zero-order valence-corrected chi connectivity index (χ0v) is 19.2. The molecule has 3 aromatic rings. The number of hydrogen-bond donors (Lipinski definition) is 1. The van der Waals surface area contributed by atoms with Gasteiger partial charge in [-0.15, -0.1) is 0 Å². The van der Waals surface area contributed by atoms with E-state index in [-0.39, 0.29) is 18.4 Å². The van der Waals surface area contributed by atoms with E-state index in [2.05, 4.69) is 5.32 Å². The number of hydrogen-bond acceptors (Lipinski definition) is 5.